The van der Waals surface area contributed by atoms with Crippen LogP contribution in [0.1, 0.15) is 59.4 Å². The van der Waals surface area contributed by atoms with E-state index in [1.54, 1.807) is 29.1 Å². The zero-order chi connectivity index (χ0) is 33.1. The quantitative estimate of drug-likeness (QED) is 0.149. The smallest absolute Gasteiger partial charge is 0.291 e. The Hall–Kier alpha value is -4.23. The predicted molar refractivity (Wildman–Crippen MR) is 162 cm³/mol. The van der Waals surface area contributed by atoms with Gasteiger partial charge < -0.3 is 0 Å². The lowest BCUT2D eigenvalue weighted by molar-refractivity contribution is -0.137. The average molecular weight is 669 g/mol. The molecule has 47 heavy (non-hydrogen) atoms. The van der Waals surface area contributed by atoms with Crippen LogP contribution in [-0.2, 0) is 22.6 Å². The van der Waals surface area contributed by atoms with E-state index in [1.165, 1.54) is 28.6 Å². The molecular weight excluding hydrogens is 639 g/mol. The third-order valence-corrected chi connectivity index (χ3v) is 11.4. The zero-order valence-electron chi connectivity index (χ0n) is 24.9. The molecule has 0 bridgehead atoms. The van der Waals surface area contributed by atoms with E-state index in [4.69, 9.17) is 0 Å². The molecule has 2 aromatic carbocycles. The number of carbonyl (C=O) groups excluding carboxylic acids is 1. The number of benzene rings is 2. The maximum atomic E-state index is 14.6. The van der Waals surface area contributed by atoms with E-state index in [2.05, 4.69) is 10.1 Å². The molecule has 2 fully saturated rings. The minimum absolute atomic E-state index is 0.00387. The van der Waals surface area contributed by atoms with Gasteiger partial charge in [0.05, 0.1) is 33.5 Å². The summed E-state index contributed by atoms with van der Waals surface area (Å²) in [6, 6.07) is 11.2. The lowest BCUT2D eigenvalue weighted by atomic mass is 9.60. The third-order valence-electron chi connectivity index (χ3n) is 9.42. The van der Waals surface area contributed by atoms with Crippen LogP contribution in [0.5, 0.6) is 0 Å². The SMILES string of the molecule is O=C(c1cc(C(F)(F)F)ccn1)[C@]12Cc3cnn(-c4ccc(F)cc4)c3C=C1CC[C@H](N(CC1CC1)S(=O)(=O)c1ccc(F)cc1)C2. The molecule has 0 radical (unpaired) electrons. The number of Topliss-reactive ketones (excluding diaryl/α,β-unsaturated/α-hetero) is 1. The van der Waals surface area contributed by atoms with Crippen molar-refractivity contribution < 1.29 is 35.2 Å². The molecule has 3 aliphatic rings. The molecule has 7 nitrogen and oxygen atoms in total. The van der Waals surface area contributed by atoms with Crippen LogP contribution in [-0.4, -0.2) is 45.9 Å². The first-order valence-corrected chi connectivity index (χ1v) is 16.7. The van der Waals surface area contributed by atoms with Crippen molar-refractivity contribution in [3.8, 4) is 5.69 Å². The number of nitrogens with zero attached hydrogens (tertiary/aromatic N) is 4. The summed E-state index contributed by atoms with van der Waals surface area (Å²) in [5.74, 6) is -1.51. The second-order valence-corrected chi connectivity index (χ2v) is 14.4. The van der Waals surface area contributed by atoms with Gasteiger partial charge >= 0.3 is 6.18 Å². The Balaban J connectivity index is 1.33. The van der Waals surface area contributed by atoms with Crippen LogP contribution in [0.25, 0.3) is 11.8 Å². The summed E-state index contributed by atoms with van der Waals surface area (Å²) < 4.78 is 99.7. The number of halogens is 5. The Morgan fingerprint density at radius 3 is 2.32 bits per heavy atom. The lowest BCUT2D eigenvalue weighted by Gasteiger charge is -2.46. The van der Waals surface area contributed by atoms with Crippen LogP contribution in [0.3, 0.4) is 0 Å². The van der Waals surface area contributed by atoms with Gasteiger partial charge in [-0.1, -0.05) is 5.57 Å². The molecule has 0 N–H and O–H groups in total. The number of aromatic nitrogens is 3. The van der Waals surface area contributed by atoms with Crippen molar-refractivity contribution in [2.24, 2.45) is 11.3 Å². The van der Waals surface area contributed by atoms with E-state index in [0.717, 1.165) is 43.3 Å². The Labute approximate surface area is 267 Å². The number of carbonyl (C=O) groups is 1. The van der Waals surface area contributed by atoms with Gasteiger partial charge in [-0.15, -0.1) is 0 Å². The molecule has 0 spiro atoms. The van der Waals surface area contributed by atoms with Crippen LogP contribution in [0.4, 0.5) is 22.0 Å². The zero-order valence-corrected chi connectivity index (χ0v) is 25.7. The van der Waals surface area contributed by atoms with E-state index in [9.17, 15) is 35.2 Å². The van der Waals surface area contributed by atoms with E-state index in [0.29, 0.717) is 28.9 Å². The molecule has 0 amide bonds. The number of allylic oxidation sites excluding steroid dienone is 1. The van der Waals surface area contributed by atoms with Gasteiger partial charge in [-0.05, 0) is 117 Å². The normalized spacial score (nSPS) is 21.2. The van der Waals surface area contributed by atoms with Crippen molar-refractivity contribution in [1.82, 2.24) is 19.1 Å². The highest BCUT2D eigenvalue weighted by molar-refractivity contribution is 7.89. The fraction of sp³-hybridized carbons (Fsp3) is 0.324. The fourth-order valence-corrected chi connectivity index (χ4v) is 8.56. The predicted octanol–water partition coefficient (Wildman–Crippen LogP) is 7.03. The highest BCUT2D eigenvalue weighted by Crippen LogP contribution is 2.52. The summed E-state index contributed by atoms with van der Waals surface area (Å²) >= 11 is 0. The molecule has 2 heterocycles. The van der Waals surface area contributed by atoms with Crippen molar-refractivity contribution in [1.29, 1.82) is 0 Å². The summed E-state index contributed by atoms with van der Waals surface area (Å²) in [6.45, 7) is 0.212. The maximum Gasteiger partial charge on any atom is 0.416 e. The topological polar surface area (TPSA) is 85.2 Å². The Bertz CT molecular complexity index is 1990. The standard InChI is InChI=1S/C34H29F5N4O3S/c35-25-4-9-27(10-5-25)43-31-16-23-3-8-28(42(20-21-1-2-21)47(45,46)29-11-6-26(36)7-12-29)18-33(23,17-22(31)19-41-43)32(44)30-15-24(13-14-40-30)34(37,38)39/h4-7,9-16,19,21,28H,1-3,8,17-18,20H2/t28-,33-/m0/s1. The van der Waals surface area contributed by atoms with Gasteiger partial charge in [0, 0.05) is 18.8 Å². The number of pyridine rings is 1. The van der Waals surface area contributed by atoms with Gasteiger partial charge in [-0.25, -0.2) is 21.9 Å². The second-order valence-electron chi connectivity index (χ2n) is 12.5. The van der Waals surface area contributed by atoms with E-state index in [1.807, 2.05) is 0 Å². The number of hydrogen-bond acceptors (Lipinski definition) is 5. The minimum Gasteiger partial charge on any atom is -0.291 e. The molecule has 0 saturated heterocycles. The summed E-state index contributed by atoms with van der Waals surface area (Å²) in [5, 5.41) is 4.49. The highest BCUT2D eigenvalue weighted by atomic mass is 32.2. The molecule has 13 heteroatoms. The molecule has 2 atom stereocenters. The molecule has 244 valence electrons. The van der Waals surface area contributed by atoms with Crippen LogP contribution < -0.4 is 0 Å². The number of sulfonamides is 1. The lowest BCUT2D eigenvalue weighted by Crippen LogP contribution is -2.51. The van der Waals surface area contributed by atoms with Crippen molar-refractivity contribution in [3.63, 3.8) is 0 Å². The van der Waals surface area contributed by atoms with Gasteiger partial charge in [0.2, 0.25) is 10.0 Å². The monoisotopic (exact) mass is 668 g/mol. The van der Waals surface area contributed by atoms with Gasteiger partial charge in [0.15, 0.2) is 5.78 Å². The van der Waals surface area contributed by atoms with Crippen LogP contribution in [0.15, 0.2) is 83.5 Å². The molecule has 7 rings (SSSR count). The Morgan fingerprint density at radius 2 is 1.66 bits per heavy atom. The number of alkyl halides is 3. The molecule has 0 unspecified atom stereocenters. The molecule has 3 aliphatic carbocycles. The molecule has 2 aromatic heterocycles. The summed E-state index contributed by atoms with van der Waals surface area (Å²) in [4.78, 5) is 18.6. The maximum absolute atomic E-state index is 14.6. The summed E-state index contributed by atoms with van der Waals surface area (Å²) in [5.41, 5.74) is -0.286. The Kier molecular flexibility index (Phi) is 7.66. The van der Waals surface area contributed by atoms with Crippen molar-refractivity contribution in [3.05, 3.63) is 113 Å². The number of fused-ring (bicyclic) bond motifs is 2. The van der Waals surface area contributed by atoms with Crippen molar-refractivity contribution >= 4 is 21.9 Å². The first kappa shape index (κ1) is 31.4. The molecular formula is C34H29F5N4O3S. The van der Waals surface area contributed by atoms with E-state index < -0.39 is 50.6 Å². The first-order valence-electron chi connectivity index (χ1n) is 15.2. The van der Waals surface area contributed by atoms with E-state index in [-0.39, 0.29) is 42.3 Å². The average Bonchev–Trinajstić information content (AvgIpc) is 3.79. The number of ketones is 1. The van der Waals surface area contributed by atoms with Crippen molar-refractivity contribution in [2.45, 2.75) is 55.6 Å². The van der Waals surface area contributed by atoms with Crippen LogP contribution in [0.2, 0.25) is 0 Å². The van der Waals surface area contributed by atoms with Gasteiger partial charge in [-0.2, -0.15) is 22.6 Å². The van der Waals surface area contributed by atoms with E-state index >= 15 is 0 Å². The summed E-state index contributed by atoms with van der Waals surface area (Å²) in [6.07, 6.45) is 2.00. The van der Waals surface area contributed by atoms with Crippen LogP contribution in [0, 0.1) is 23.0 Å². The molecule has 0 aliphatic heterocycles. The second kappa shape index (κ2) is 11.5. The molecule has 2 saturated carbocycles. The van der Waals surface area contributed by atoms with Gasteiger partial charge in [-0.3, -0.25) is 9.78 Å². The third kappa shape index (κ3) is 5.80. The highest BCUT2D eigenvalue weighted by Gasteiger charge is 2.52. The van der Waals surface area contributed by atoms with Crippen LogP contribution >= 0.6 is 0 Å². The number of rotatable bonds is 8. The fourth-order valence-electron chi connectivity index (χ4n) is 6.83. The first-order chi connectivity index (χ1) is 22.3. The van der Waals surface area contributed by atoms with Crippen molar-refractivity contribution in [2.75, 3.05) is 6.54 Å². The van der Waals surface area contributed by atoms with Gasteiger partial charge in [0.1, 0.15) is 17.3 Å². The molecule has 4 aromatic rings. The summed E-state index contributed by atoms with van der Waals surface area (Å²) in [7, 11) is -4.13. The number of hydrogen-bond donors (Lipinski definition) is 0. The minimum atomic E-state index is -4.70. The largest absolute Gasteiger partial charge is 0.416 e. The van der Waals surface area contributed by atoms with Gasteiger partial charge in [0.25, 0.3) is 0 Å². The Morgan fingerprint density at radius 1 is 0.979 bits per heavy atom.